The Hall–Kier alpha value is -4.07. The molecule has 37 heavy (non-hydrogen) atoms. The van der Waals surface area contributed by atoms with Crippen molar-refractivity contribution in [1.29, 1.82) is 0 Å². The zero-order chi connectivity index (χ0) is 26.0. The summed E-state index contributed by atoms with van der Waals surface area (Å²) >= 11 is 0. The fourth-order valence-corrected chi connectivity index (χ4v) is 4.78. The number of amides is 1. The van der Waals surface area contributed by atoms with E-state index in [9.17, 15) is 4.79 Å². The SMILES string of the molecule is CC(C)(C)OC(=O)N1CCC(c2cc(-c3cccc(OCc4ccccc4)c3)c3c(N)ncnn23)CC1. The number of carbonyl (C=O) groups is 1. The summed E-state index contributed by atoms with van der Waals surface area (Å²) in [7, 11) is 0. The van der Waals surface area contributed by atoms with E-state index in [0.29, 0.717) is 25.5 Å². The molecule has 4 aromatic rings. The number of benzene rings is 2. The van der Waals surface area contributed by atoms with Gasteiger partial charge in [-0.15, -0.1) is 0 Å². The first-order valence-electron chi connectivity index (χ1n) is 12.7. The second-order valence-corrected chi connectivity index (χ2v) is 10.4. The highest BCUT2D eigenvalue weighted by molar-refractivity contribution is 5.88. The standard InChI is InChI=1S/C29H33N5O3/c1-29(2,3)37-28(35)33-14-12-21(13-15-33)25-17-24(26-27(30)31-19-32-34(25)26)22-10-7-11-23(16-22)36-18-20-8-5-4-6-9-20/h4-11,16-17,19,21H,12-15,18H2,1-3H3,(H2,30,31,32). The van der Waals surface area contributed by atoms with Gasteiger partial charge in [0.15, 0.2) is 5.82 Å². The van der Waals surface area contributed by atoms with Crippen LogP contribution in [0, 0.1) is 0 Å². The normalized spacial score (nSPS) is 14.6. The molecule has 0 saturated carbocycles. The van der Waals surface area contributed by atoms with Gasteiger partial charge in [-0.05, 0) is 62.9 Å². The minimum absolute atomic E-state index is 0.228. The van der Waals surface area contributed by atoms with Crippen LogP contribution in [0.5, 0.6) is 5.75 Å². The molecular formula is C29H33N5O3. The summed E-state index contributed by atoms with van der Waals surface area (Å²) in [5, 5.41) is 4.55. The number of anilines is 1. The Morgan fingerprint density at radius 3 is 2.54 bits per heavy atom. The molecule has 3 heterocycles. The minimum atomic E-state index is -0.506. The predicted octanol–water partition coefficient (Wildman–Crippen LogP) is 5.67. The Morgan fingerprint density at radius 2 is 1.81 bits per heavy atom. The van der Waals surface area contributed by atoms with Crippen molar-refractivity contribution in [2.24, 2.45) is 0 Å². The van der Waals surface area contributed by atoms with Crippen LogP contribution in [0.25, 0.3) is 16.6 Å². The van der Waals surface area contributed by atoms with Gasteiger partial charge in [0.2, 0.25) is 0 Å². The molecule has 1 saturated heterocycles. The topological polar surface area (TPSA) is 95.0 Å². The van der Waals surface area contributed by atoms with Gasteiger partial charge in [-0.25, -0.2) is 14.3 Å². The van der Waals surface area contributed by atoms with Crippen molar-refractivity contribution in [3.63, 3.8) is 0 Å². The van der Waals surface area contributed by atoms with Crippen LogP contribution in [0.1, 0.15) is 50.8 Å². The van der Waals surface area contributed by atoms with Crippen LogP contribution in [-0.2, 0) is 11.3 Å². The summed E-state index contributed by atoms with van der Waals surface area (Å²) in [5.41, 5.74) is 10.8. The Morgan fingerprint density at radius 1 is 1.05 bits per heavy atom. The molecule has 2 aromatic carbocycles. The molecule has 1 amide bonds. The number of nitrogens with zero attached hydrogens (tertiary/aromatic N) is 4. The van der Waals surface area contributed by atoms with Gasteiger partial charge in [0, 0.05) is 30.3 Å². The number of rotatable bonds is 5. The van der Waals surface area contributed by atoms with E-state index in [-0.39, 0.29) is 12.0 Å². The van der Waals surface area contributed by atoms with Gasteiger partial charge < -0.3 is 20.1 Å². The molecular weight excluding hydrogens is 466 g/mol. The van der Waals surface area contributed by atoms with Crippen LogP contribution in [0.3, 0.4) is 0 Å². The van der Waals surface area contributed by atoms with Crippen molar-refractivity contribution in [3.8, 4) is 16.9 Å². The van der Waals surface area contributed by atoms with Crippen LogP contribution < -0.4 is 10.5 Å². The smallest absolute Gasteiger partial charge is 0.410 e. The lowest BCUT2D eigenvalue weighted by molar-refractivity contribution is 0.0203. The summed E-state index contributed by atoms with van der Waals surface area (Å²) in [6.07, 6.45) is 2.86. The second-order valence-electron chi connectivity index (χ2n) is 10.4. The fourth-order valence-electron chi connectivity index (χ4n) is 4.78. The number of likely N-dealkylation sites (tertiary alicyclic amines) is 1. The minimum Gasteiger partial charge on any atom is -0.489 e. The Balaban J connectivity index is 1.39. The molecule has 0 radical (unpaired) electrons. The zero-order valence-corrected chi connectivity index (χ0v) is 21.6. The van der Waals surface area contributed by atoms with E-state index in [1.165, 1.54) is 6.33 Å². The van der Waals surface area contributed by atoms with E-state index in [1.807, 2.05) is 79.9 Å². The number of hydrogen-bond acceptors (Lipinski definition) is 6. The average Bonchev–Trinajstić information content (AvgIpc) is 3.28. The summed E-state index contributed by atoms with van der Waals surface area (Å²) in [4.78, 5) is 18.6. The Kier molecular flexibility index (Phi) is 6.74. The molecule has 8 heteroatoms. The highest BCUT2D eigenvalue weighted by Gasteiger charge is 2.30. The number of nitrogens with two attached hydrogens (primary N) is 1. The largest absolute Gasteiger partial charge is 0.489 e. The first-order chi connectivity index (χ1) is 17.8. The van der Waals surface area contributed by atoms with Crippen LogP contribution in [0.15, 0.2) is 67.0 Å². The third-order valence-corrected chi connectivity index (χ3v) is 6.57. The van der Waals surface area contributed by atoms with Gasteiger partial charge in [0.05, 0.1) is 0 Å². The van der Waals surface area contributed by atoms with Crippen LogP contribution in [0.4, 0.5) is 10.6 Å². The number of hydrogen-bond donors (Lipinski definition) is 1. The van der Waals surface area contributed by atoms with Crippen molar-refractivity contribution in [1.82, 2.24) is 19.5 Å². The molecule has 0 atom stereocenters. The predicted molar refractivity (Wildman–Crippen MR) is 143 cm³/mol. The Labute approximate surface area is 217 Å². The lowest BCUT2D eigenvalue weighted by Gasteiger charge is -2.33. The molecule has 0 spiro atoms. The molecule has 1 fully saturated rings. The van der Waals surface area contributed by atoms with Gasteiger partial charge in [-0.2, -0.15) is 5.10 Å². The molecule has 8 nitrogen and oxygen atoms in total. The van der Waals surface area contributed by atoms with E-state index in [1.54, 1.807) is 4.90 Å². The number of nitrogen functional groups attached to an aromatic ring is 1. The monoisotopic (exact) mass is 499 g/mol. The average molecular weight is 500 g/mol. The lowest BCUT2D eigenvalue weighted by Crippen LogP contribution is -2.41. The van der Waals surface area contributed by atoms with Gasteiger partial charge in [0.1, 0.15) is 29.8 Å². The third-order valence-electron chi connectivity index (χ3n) is 6.57. The maximum Gasteiger partial charge on any atom is 0.410 e. The number of ether oxygens (including phenoxy) is 2. The molecule has 0 aliphatic carbocycles. The van der Waals surface area contributed by atoms with E-state index >= 15 is 0 Å². The van der Waals surface area contributed by atoms with Gasteiger partial charge in [-0.1, -0.05) is 42.5 Å². The van der Waals surface area contributed by atoms with E-state index in [4.69, 9.17) is 15.2 Å². The number of aromatic nitrogens is 3. The quantitative estimate of drug-likeness (QED) is 0.380. The third kappa shape index (κ3) is 5.53. The van der Waals surface area contributed by atoms with Crippen LogP contribution in [-0.4, -0.2) is 44.3 Å². The van der Waals surface area contributed by atoms with Crippen LogP contribution >= 0.6 is 0 Å². The zero-order valence-electron chi connectivity index (χ0n) is 21.6. The van der Waals surface area contributed by atoms with Gasteiger partial charge >= 0.3 is 6.09 Å². The summed E-state index contributed by atoms with van der Waals surface area (Å²) in [5.74, 6) is 1.44. The second kappa shape index (κ2) is 10.1. The maximum atomic E-state index is 12.5. The summed E-state index contributed by atoms with van der Waals surface area (Å²) < 4.78 is 13.5. The molecule has 2 aromatic heterocycles. The summed E-state index contributed by atoms with van der Waals surface area (Å²) in [6, 6.07) is 20.3. The molecule has 192 valence electrons. The van der Waals surface area contributed by atoms with Crippen molar-refractivity contribution < 1.29 is 14.3 Å². The number of piperidine rings is 1. The fraction of sp³-hybridized carbons (Fsp3) is 0.345. The summed E-state index contributed by atoms with van der Waals surface area (Å²) in [6.45, 7) is 7.41. The lowest BCUT2D eigenvalue weighted by atomic mass is 9.93. The van der Waals surface area contributed by atoms with E-state index in [0.717, 1.165) is 46.5 Å². The molecule has 0 unspecified atom stereocenters. The molecule has 5 rings (SSSR count). The molecule has 1 aliphatic rings. The van der Waals surface area contributed by atoms with Crippen molar-refractivity contribution >= 4 is 17.4 Å². The van der Waals surface area contributed by atoms with Crippen molar-refractivity contribution in [2.45, 2.75) is 51.7 Å². The molecule has 0 bridgehead atoms. The number of carbonyl (C=O) groups excluding carboxylic acids is 1. The first kappa shape index (κ1) is 24.6. The van der Waals surface area contributed by atoms with Crippen molar-refractivity contribution in [2.75, 3.05) is 18.8 Å². The van der Waals surface area contributed by atoms with Crippen LogP contribution in [0.2, 0.25) is 0 Å². The molecule has 2 N–H and O–H groups in total. The highest BCUT2D eigenvalue weighted by Crippen LogP contribution is 2.37. The first-order valence-corrected chi connectivity index (χ1v) is 12.7. The van der Waals surface area contributed by atoms with E-state index < -0.39 is 5.60 Å². The van der Waals surface area contributed by atoms with Gasteiger partial charge in [0.25, 0.3) is 0 Å². The Bertz CT molecular complexity index is 1390. The maximum absolute atomic E-state index is 12.5. The molecule has 1 aliphatic heterocycles. The number of fused-ring (bicyclic) bond motifs is 1. The van der Waals surface area contributed by atoms with Gasteiger partial charge in [-0.3, -0.25) is 0 Å². The highest BCUT2D eigenvalue weighted by atomic mass is 16.6. The van der Waals surface area contributed by atoms with Crippen molar-refractivity contribution in [3.05, 3.63) is 78.2 Å². The van der Waals surface area contributed by atoms with E-state index in [2.05, 4.69) is 16.1 Å².